The van der Waals surface area contributed by atoms with Gasteiger partial charge in [-0.2, -0.15) is 0 Å². The highest BCUT2D eigenvalue weighted by Gasteiger charge is 2.38. The second-order valence-corrected chi connectivity index (χ2v) is 15.8. The van der Waals surface area contributed by atoms with Gasteiger partial charge < -0.3 is 34.4 Å². The van der Waals surface area contributed by atoms with E-state index in [0.717, 1.165) is 92.8 Å². The highest BCUT2D eigenvalue weighted by atomic mass is 16.6. The zero-order valence-corrected chi connectivity index (χ0v) is 31.6. The van der Waals surface area contributed by atoms with Crippen molar-refractivity contribution in [3.63, 3.8) is 0 Å². The van der Waals surface area contributed by atoms with Gasteiger partial charge in [0.15, 0.2) is 0 Å². The molecule has 3 N–H and O–H groups in total. The number of aromatic amines is 2. The molecule has 2 fully saturated rings. The maximum atomic E-state index is 13.6. The van der Waals surface area contributed by atoms with Crippen molar-refractivity contribution in [1.29, 1.82) is 0 Å². The summed E-state index contributed by atoms with van der Waals surface area (Å²) in [5, 5.41) is 4.68. The van der Waals surface area contributed by atoms with Crippen molar-refractivity contribution in [2.24, 2.45) is 5.92 Å². The van der Waals surface area contributed by atoms with E-state index in [1.165, 1.54) is 7.11 Å². The van der Waals surface area contributed by atoms with Gasteiger partial charge in [0.1, 0.15) is 35.6 Å². The standard InChI is InChI=1S/C41H47N7O6/c1-22(2)33(46-39(50)52-6)38(49)47-17-7-9-31(47)36-42-20-30(44-36)23-11-12-25-24(19-23)21-53-35-27(25)14-13-26-28(35)15-16-29-34(26)45-37(43-29)32-10-8-18-48(32)40(51)54-41(3,4)5/h11-16,19-20,22,31-33H,7-10,17-18,21H2,1-6H3,(H,42,44)(H,43,45)(H,46,50). The molecular weight excluding hydrogens is 686 g/mol. The number of rotatable bonds is 6. The molecule has 0 aliphatic carbocycles. The van der Waals surface area contributed by atoms with Gasteiger partial charge in [0.2, 0.25) is 5.91 Å². The van der Waals surface area contributed by atoms with Crippen LogP contribution in [-0.4, -0.2) is 79.7 Å². The number of aromatic nitrogens is 4. The molecule has 3 unspecified atom stereocenters. The van der Waals surface area contributed by atoms with E-state index < -0.39 is 17.7 Å². The minimum Gasteiger partial charge on any atom is -0.488 e. The van der Waals surface area contributed by atoms with Gasteiger partial charge in [0, 0.05) is 29.4 Å². The van der Waals surface area contributed by atoms with Gasteiger partial charge in [-0.15, -0.1) is 0 Å². The number of nitrogens with one attached hydrogen (secondary N) is 3. The largest absolute Gasteiger partial charge is 0.488 e. The Morgan fingerprint density at radius 2 is 1.65 bits per heavy atom. The van der Waals surface area contributed by atoms with Crippen LogP contribution in [-0.2, 0) is 20.9 Å². The fraction of sp³-hybridized carbons (Fsp3) is 0.439. The molecule has 3 aliphatic heterocycles. The second-order valence-electron chi connectivity index (χ2n) is 15.8. The molecule has 2 saturated heterocycles. The molecule has 13 heteroatoms. The average Bonchev–Trinajstić information content (AvgIpc) is 3.97. The highest BCUT2D eigenvalue weighted by molar-refractivity contribution is 6.09. The summed E-state index contributed by atoms with van der Waals surface area (Å²) in [4.78, 5) is 59.0. The number of fused-ring (bicyclic) bond motifs is 7. The van der Waals surface area contributed by atoms with E-state index in [2.05, 4.69) is 51.7 Å². The van der Waals surface area contributed by atoms with E-state index in [0.29, 0.717) is 19.7 Å². The molecule has 3 aliphatic rings. The van der Waals surface area contributed by atoms with Gasteiger partial charge in [-0.25, -0.2) is 19.6 Å². The Hall–Kier alpha value is -5.59. The first-order valence-electron chi connectivity index (χ1n) is 18.8. The summed E-state index contributed by atoms with van der Waals surface area (Å²) in [6.45, 7) is 11.1. The van der Waals surface area contributed by atoms with E-state index in [1.54, 1.807) is 4.90 Å². The Morgan fingerprint density at radius 3 is 2.39 bits per heavy atom. The van der Waals surface area contributed by atoms with Crippen molar-refractivity contribution < 1.29 is 28.6 Å². The molecule has 54 heavy (non-hydrogen) atoms. The lowest BCUT2D eigenvalue weighted by atomic mass is 9.92. The van der Waals surface area contributed by atoms with E-state index >= 15 is 0 Å². The minimum atomic E-state index is -0.690. The van der Waals surface area contributed by atoms with Gasteiger partial charge in [-0.1, -0.05) is 32.0 Å². The Morgan fingerprint density at radius 1 is 0.926 bits per heavy atom. The average molecular weight is 734 g/mol. The van der Waals surface area contributed by atoms with Crippen LogP contribution in [0.4, 0.5) is 9.59 Å². The van der Waals surface area contributed by atoms with E-state index in [9.17, 15) is 14.4 Å². The number of amides is 3. The third-order valence-corrected chi connectivity index (χ3v) is 10.7. The maximum absolute atomic E-state index is 13.6. The van der Waals surface area contributed by atoms with Crippen LogP contribution in [0.2, 0.25) is 0 Å². The number of H-pyrrole nitrogens is 2. The van der Waals surface area contributed by atoms with E-state index in [1.807, 2.05) is 51.8 Å². The van der Waals surface area contributed by atoms with Crippen LogP contribution in [0.15, 0.2) is 48.7 Å². The number of nitrogens with zero attached hydrogens (tertiary/aromatic N) is 4. The number of alkyl carbamates (subject to hydrolysis) is 1. The smallest absolute Gasteiger partial charge is 0.410 e. The SMILES string of the molecule is COC(=O)NC(C(=O)N1CCCC1c1ncc(-c2ccc3c(c2)COc2c-3ccc3c2ccc2[nH]c(C4CCCN4C(=O)OC(C)(C)C)nc23)[nH]1)C(C)C. The molecule has 2 aromatic heterocycles. The summed E-state index contributed by atoms with van der Waals surface area (Å²) in [5.41, 5.74) is 6.21. The summed E-state index contributed by atoms with van der Waals surface area (Å²) in [5.74, 6) is 2.07. The molecule has 0 saturated carbocycles. The van der Waals surface area contributed by atoms with Crippen molar-refractivity contribution in [2.45, 2.75) is 90.6 Å². The van der Waals surface area contributed by atoms with Crippen molar-refractivity contribution in [1.82, 2.24) is 35.1 Å². The number of hydrogen-bond acceptors (Lipinski definition) is 8. The Kier molecular flexibility index (Phi) is 8.98. The Balaban J connectivity index is 1.04. The molecule has 5 heterocycles. The molecule has 0 spiro atoms. The topological polar surface area (TPSA) is 155 Å². The van der Waals surface area contributed by atoms with Gasteiger partial charge in [0.25, 0.3) is 0 Å². The lowest BCUT2D eigenvalue weighted by Crippen LogP contribution is -2.51. The predicted octanol–water partition coefficient (Wildman–Crippen LogP) is 7.78. The zero-order valence-electron chi connectivity index (χ0n) is 31.6. The maximum Gasteiger partial charge on any atom is 0.410 e. The molecule has 0 radical (unpaired) electrons. The third kappa shape index (κ3) is 6.39. The third-order valence-electron chi connectivity index (χ3n) is 10.7. The summed E-state index contributed by atoms with van der Waals surface area (Å²) in [7, 11) is 1.29. The van der Waals surface area contributed by atoms with Gasteiger partial charge in [0.05, 0.1) is 42.1 Å². The van der Waals surface area contributed by atoms with Gasteiger partial charge >= 0.3 is 12.2 Å². The van der Waals surface area contributed by atoms with Crippen LogP contribution in [0.3, 0.4) is 0 Å². The fourth-order valence-electron chi connectivity index (χ4n) is 8.12. The first kappa shape index (κ1) is 35.4. The number of ether oxygens (including phenoxy) is 3. The lowest BCUT2D eigenvalue weighted by molar-refractivity contribution is -0.135. The molecule has 5 aromatic rings. The molecule has 282 valence electrons. The quantitative estimate of drug-likeness (QED) is 0.160. The van der Waals surface area contributed by atoms with E-state index in [-0.39, 0.29) is 30.0 Å². The second kappa shape index (κ2) is 13.7. The normalized spacial score (nSPS) is 18.8. The monoisotopic (exact) mass is 733 g/mol. The minimum absolute atomic E-state index is 0.106. The van der Waals surface area contributed by atoms with Crippen LogP contribution in [0.1, 0.15) is 89.6 Å². The van der Waals surface area contributed by atoms with Crippen LogP contribution < -0.4 is 10.1 Å². The number of carbonyl (C=O) groups excluding carboxylic acids is 3. The van der Waals surface area contributed by atoms with Crippen LogP contribution in [0.25, 0.3) is 44.2 Å². The van der Waals surface area contributed by atoms with Crippen LogP contribution in [0, 0.1) is 5.92 Å². The van der Waals surface area contributed by atoms with Crippen LogP contribution in [0.5, 0.6) is 5.75 Å². The molecule has 13 nitrogen and oxygen atoms in total. The fourth-order valence-corrected chi connectivity index (χ4v) is 8.12. The molecular formula is C41H47N7O6. The lowest BCUT2D eigenvalue weighted by Gasteiger charge is -2.30. The predicted molar refractivity (Wildman–Crippen MR) is 204 cm³/mol. The number of benzene rings is 3. The molecule has 3 atom stereocenters. The van der Waals surface area contributed by atoms with Crippen molar-refractivity contribution in [2.75, 3.05) is 20.2 Å². The van der Waals surface area contributed by atoms with Crippen LogP contribution >= 0.6 is 0 Å². The highest BCUT2D eigenvalue weighted by Crippen LogP contribution is 2.45. The van der Waals surface area contributed by atoms with Gasteiger partial charge in [-0.3, -0.25) is 9.69 Å². The van der Waals surface area contributed by atoms with Gasteiger partial charge in [-0.05, 0) is 93.3 Å². The zero-order chi connectivity index (χ0) is 37.9. The summed E-state index contributed by atoms with van der Waals surface area (Å²) < 4.78 is 17.0. The molecule has 3 aromatic carbocycles. The summed E-state index contributed by atoms with van der Waals surface area (Å²) in [6, 6.07) is 13.6. The number of likely N-dealkylation sites (tertiary alicyclic amines) is 2. The molecule has 8 rings (SSSR count). The molecule has 3 amide bonds. The Bertz CT molecular complexity index is 2270. The first-order chi connectivity index (χ1) is 25.9. The Labute approximate surface area is 313 Å². The number of hydrogen-bond donors (Lipinski definition) is 3. The van der Waals surface area contributed by atoms with Crippen molar-refractivity contribution in [3.8, 4) is 28.1 Å². The summed E-state index contributed by atoms with van der Waals surface area (Å²) >= 11 is 0. The summed E-state index contributed by atoms with van der Waals surface area (Å²) in [6.07, 6.45) is 4.22. The van der Waals surface area contributed by atoms with Crippen molar-refractivity contribution >= 4 is 39.9 Å². The van der Waals surface area contributed by atoms with Crippen molar-refractivity contribution in [3.05, 3.63) is 65.9 Å². The first-order valence-corrected chi connectivity index (χ1v) is 18.8. The number of imidazole rings is 2. The molecule has 0 bridgehead atoms. The van der Waals surface area contributed by atoms with E-state index in [4.69, 9.17) is 24.2 Å². The number of carbonyl (C=O) groups is 3. The number of methoxy groups -OCH3 is 1.